The summed E-state index contributed by atoms with van der Waals surface area (Å²) in [6.45, 7) is 5.72. The number of primary amides is 1. The number of rotatable bonds is 4. The summed E-state index contributed by atoms with van der Waals surface area (Å²) in [5.74, 6) is 0.508. The first-order valence-electron chi connectivity index (χ1n) is 8.25. The van der Waals surface area contributed by atoms with E-state index < -0.39 is 0 Å². The van der Waals surface area contributed by atoms with Gasteiger partial charge in [-0.25, -0.2) is 0 Å². The quantitative estimate of drug-likeness (QED) is 0.932. The molecular weight excluding hydrogens is 306 g/mol. The molecule has 2 aromatic rings. The summed E-state index contributed by atoms with van der Waals surface area (Å²) in [6.07, 6.45) is 2.94. The third-order valence-corrected chi connectivity index (χ3v) is 4.88. The SMILES string of the molecule is Cc1cc(C(=O)N2CCC(C(N)=O)CC2)c(C)n1Cc1ccco1. The highest BCUT2D eigenvalue weighted by atomic mass is 16.3. The molecule has 1 aliphatic rings. The van der Waals surface area contributed by atoms with Crippen LogP contribution in [0.1, 0.15) is 40.3 Å². The second kappa shape index (κ2) is 6.55. The number of hydrogen-bond acceptors (Lipinski definition) is 3. The van der Waals surface area contributed by atoms with Crippen molar-refractivity contribution in [1.29, 1.82) is 0 Å². The smallest absolute Gasteiger partial charge is 0.255 e. The number of carbonyl (C=O) groups excluding carboxylic acids is 2. The largest absolute Gasteiger partial charge is 0.467 e. The van der Waals surface area contributed by atoms with E-state index in [2.05, 4.69) is 4.57 Å². The maximum atomic E-state index is 12.8. The van der Waals surface area contributed by atoms with E-state index in [9.17, 15) is 9.59 Å². The van der Waals surface area contributed by atoms with Crippen LogP contribution in [0.15, 0.2) is 28.9 Å². The van der Waals surface area contributed by atoms with Gasteiger partial charge in [0.15, 0.2) is 0 Å². The molecule has 3 heterocycles. The molecule has 128 valence electrons. The van der Waals surface area contributed by atoms with Gasteiger partial charge in [0.1, 0.15) is 5.76 Å². The topological polar surface area (TPSA) is 81.5 Å². The summed E-state index contributed by atoms with van der Waals surface area (Å²) in [7, 11) is 0. The second-order valence-electron chi connectivity index (χ2n) is 6.42. The van der Waals surface area contributed by atoms with Crippen molar-refractivity contribution in [3.63, 3.8) is 0 Å². The van der Waals surface area contributed by atoms with Gasteiger partial charge < -0.3 is 19.6 Å². The summed E-state index contributed by atoms with van der Waals surface area (Å²) in [4.78, 5) is 25.9. The molecule has 0 aliphatic carbocycles. The Labute approximate surface area is 141 Å². The molecule has 6 nitrogen and oxygen atoms in total. The molecule has 0 unspecified atom stereocenters. The first kappa shape index (κ1) is 16.4. The third-order valence-electron chi connectivity index (χ3n) is 4.88. The van der Waals surface area contributed by atoms with Gasteiger partial charge in [-0.3, -0.25) is 9.59 Å². The van der Waals surface area contributed by atoms with Crippen molar-refractivity contribution >= 4 is 11.8 Å². The lowest BCUT2D eigenvalue weighted by atomic mass is 9.96. The predicted octanol–water partition coefficient (Wildman–Crippen LogP) is 2.08. The average Bonchev–Trinajstić information content (AvgIpc) is 3.18. The van der Waals surface area contributed by atoms with Crippen LogP contribution in [0.2, 0.25) is 0 Å². The predicted molar refractivity (Wildman–Crippen MR) is 89.5 cm³/mol. The van der Waals surface area contributed by atoms with Gasteiger partial charge in [-0.2, -0.15) is 0 Å². The normalized spacial score (nSPS) is 15.7. The Morgan fingerprint density at radius 2 is 2.00 bits per heavy atom. The molecule has 6 heteroatoms. The van der Waals surface area contributed by atoms with Gasteiger partial charge in [-0.05, 0) is 44.9 Å². The summed E-state index contributed by atoms with van der Waals surface area (Å²) in [6, 6.07) is 5.72. The van der Waals surface area contributed by atoms with Crippen molar-refractivity contribution in [2.45, 2.75) is 33.2 Å². The first-order valence-corrected chi connectivity index (χ1v) is 8.25. The van der Waals surface area contributed by atoms with Crippen LogP contribution in [0.3, 0.4) is 0 Å². The Balaban J connectivity index is 1.75. The molecule has 24 heavy (non-hydrogen) atoms. The zero-order valence-corrected chi connectivity index (χ0v) is 14.1. The van der Waals surface area contributed by atoms with Crippen molar-refractivity contribution < 1.29 is 14.0 Å². The van der Waals surface area contributed by atoms with Crippen molar-refractivity contribution in [3.05, 3.63) is 47.2 Å². The zero-order chi connectivity index (χ0) is 17.3. The van der Waals surface area contributed by atoms with Crippen molar-refractivity contribution in [3.8, 4) is 0 Å². The maximum Gasteiger partial charge on any atom is 0.255 e. The van der Waals surface area contributed by atoms with E-state index in [0.717, 1.165) is 22.7 Å². The summed E-state index contributed by atoms with van der Waals surface area (Å²) in [5, 5.41) is 0. The number of carbonyl (C=O) groups is 2. The van der Waals surface area contributed by atoms with Crippen LogP contribution in [0, 0.1) is 19.8 Å². The Bertz CT molecular complexity index is 738. The van der Waals surface area contributed by atoms with E-state index in [0.29, 0.717) is 32.5 Å². The fourth-order valence-corrected chi connectivity index (χ4v) is 3.36. The molecule has 1 fully saturated rings. The summed E-state index contributed by atoms with van der Waals surface area (Å²) < 4.78 is 7.49. The number of nitrogens with zero attached hydrogens (tertiary/aromatic N) is 2. The standard InChI is InChI=1S/C18H23N3O3/c1-12-10-16(13(2)21(12)11-15-4-3-9-24-15)18(23)20-7-5-14(6-8-20)17(19)22/h3-4,9-10,14H,5-8,11H2,1-2H3,(H2,19,22). The summed E-state index contributed by atoms with van der Waals surface area (Å²) >= 11 is 0. The Kier molecular flexibility index (Phi) is 4.46. The van der Waals surface area contributed by atoms with E-state index in [4.69, 9.17) is 10.2 Å². The van der Waals surface area contributed by atoms with Crippen LogP contribution in [0.25, 0.3) is 0 Å². The van der Waals surface area contributed by atoms with Crippen LogP contribution in [0.4, 0.5) is 0 Å². The van der Waals surface area contributed by atoms with E-state index in [1.54, 1.807) is 6.26 Å². The lowest BCUT2D eigenvalue weighted by molar-refractivity contribution is -0.123. The maximum absolute atomic E-state index is 12.8. The molecular formula is C18H23N3O3. The molecule has 2 aromatic heterocycles. The number of amides is 2. The number of piperidine rings is 1. The van der Waals surface area contributed by atoms with E-state index in [1.807, 2.05) is 36.9 Å². The van der Waals surface area contributed by atoms with Gasteiger partial charge in [-0.1, -0.05) is 0 Å². The third kappa shape index (κ3) is 3.09. The minimum atomic E-state index is -0.265. The van der Waals surface area contributed by atoms with Gasteiger partial charge in [-0.15, -0.1) is 0 Å². The van der Waals surface area contributed by atoms with Crippen LogP contribution in [0.5, 0.6) is 0 Å². The Morgan fingerprint density at radius 3 is 2.58 bits per heavy atom. The average molecular weight is 329 g/mol. The molecule has 0 atom stereocenters. The molecule has 2 N–H and O–H groups in total. The van der Waals surface area contributed by atoms with Gasteiger partial charge >= 0.3 is 0 Å². The van der Waals surface area contributed by atoms with Crippen LogP contribution < -0.4 is 5.73 Å². The van der Waals surface area contributed by atoms with Gasteiger partial charge in [0, 0.05) is 30.4 Å². The highest BCUT2D eigenvalue weighted by Gasteiger charge is 2.28. The van der Waals surface area contributed by atoms with Gasteiger partial charge in [0.2, 0.25) is 5.91 Å². The number of aromatic nitrogens is 1. The molecule has 0 bridgehead atoms. The molecule has 1 saturated heterocycles. The Morgan fingerprint density at radius 1 is 1.29 bits per heavy atom. The van der Waals surface area contributed by atoms with Crippen molar-refractivity contribution in [2.24, 2.45) is 11.7 Å². The lowest BCUT2D eigenvalue weighted by Gasteiger charge is -2.30. The number of aryl methyl sites for hydroxylation is 1. The number of furan rings is 1. The minimum absolute atomic E-state index is 0.0247. The van der Waals surface area contributed by atoms with Crippen molar-refractivity contribution in [2.75, 3.05) is 13.1 Å². The monoisotopic (exact) mass is 329 g/mol. The fourth-order valence-electron chi connectivity index (χ4n) is 3.36. The Hall–Kier alpha value is -2.50. The molecule has 0 aromatic carbocycles. The fraction of sp³-hybridized carbons (Fsp3) is 0.444. The van der Waals surface area contributed by atoms with Crippen LogP contribution >= 0.6 is 0 Å². The van der Waals surface area contributed by atoms with E-state index in [1.165, 1.54) is 0 Å². The van der Waals surface area contributed by atoms with E-state index in [-0.39, 0.29) is 17.7 Å². The molecule has 3 rings (SSSR count). The number of nitrogens with two attached hydrogens (primary N) is 1. The number of likely N-dealkylation sites (tertiary alicyclic amines) is 1. The van der Waals surface area contributed by atoms with Gasteiger partial charge in [0.25, 0.3) is 5.91 Å². The highest BCUT2D eigenvalue weighted by Crippen LogP contribution is 2.23. The first-order chi connectivity index (χ1) is 11.5. The lowest BCUT2D eigenvalue weighted by Crippen LogP contribution is -2.41. The summed E-state index contributed by atoms with van der Waals surface area (Å²) in [5.41, 5.74) is 8.04. The molecule has 0 saturated carbocycles. The number of hydrogen-bond donors (Lipinski definition) is 1. The second-order valence-corrected chi connectivity index (χ2v) is 6.42. The molecule has 0 radical (unpaired) electrons. The van der Waals surface area contributed by atoms with Gasteiger partial charge in [0.05, 0.1) is 18.4 Å². The van der Waals surface area contributed by atoms with Crippen molar-refractivity contribution in [1.82, 2.24) is 9.47 Å². The molecule has 1 aliphatic heterocycles. The van der Waals surface area contributed by atoms with E-state index >= 15 is 0 Å². The minimum Gasteiger partial charge on any atom is -0.467 e. The molecule has 2 amide bonds. The highest BCUT2D eigenvalue weighted by molar-refractivity contribution is 5.96. The van der Waals surface area contributed by atoms with Crippen LogP contribution in [-0.4, -0.2) is 34.4 Å². The van der Waals surface area contributed by atoms with Crippen LogP contribution in [-0.2, 0) is 11.3 Å². The molecule has 0 spiro atoms. The zero-order valence-electron chi connectivity index (χ0n) is 14.1.